The molecule has 0 atom stereocenters. The maximum atomic E-state index is 5.76. The molecule has 0 aromatic heterocycles. The number of ether oxygens (including phenoxy) is 1. The van der Waals surface area contributed by atoms with Crippen LogP contribution < -0.4 is 20.7 Å². The van der Waals surface area contributed by atoms with Crippen molar-refractivity contribution in [2.45, 2.75) is 26.4 Å². The molecule has 0 saturated heterocycles. The fourth-order valence-corrected chi connectivity index (χ4v) is 9.31. The number of hydrogen-bond acceptors (Lipinski definition) is 1. The van der Waals surface area contributed by atoms with E-state index in [-0.39, 0.29) is 0 Å². The van der Waals surface area contributed by atoms with E-state index in [1.54, 1.807) is 7.11 Å². The molecule has 0 aliphatic carbocycles. The number of benzene rings is 4. The van der Waals surface area contributed by atoms with Gasteiger partial charge in [0.1, 0.15) is 28.9 Å². The van der Waals surface area contributed by atoms with E-state index in [9.17, 15) is 0 Å². The third-order valence-electron chi connectivity index (χ3n) is 6.58. The van der Waals surface area contributed by atoms with Gasteiger partial charge in [-0.1, -0.05) is 60.7 Å². The molecule has 0 fully saturated rings. The molecule has 0 radical (unpaired) electrons. The highest BCUT2D eigenvalue weighted by atomic mass is 31.2. The number of allylic oxidation sites excluding steroid dienone is 1. The fraction of sp³-hybridized carbons (Fsp3) is 0.161. The van der Waals surface area contributed by atoms with Gasteiger partial charge < -0.3 is 4.74 Å². The van der Waals surface area contributed by atoms with Crippen molar-refractivity contribution in [3.05, 3.63) is 132 Å². The molecule has 0 saturated carbocycles. The van der Waals surface area contributed by atoms with Gasteiger partial charge in [0.15, 0.2) is 0 Å². The average Bonchev–Trinajstić information content (AvgIpc) is 2.87. The zero-order valence-corrected chi connectivity index (χ0v) is 20.7. The summed E-state index contributed by atoms with van der Waals surface area (Å²) < 4.78 is 5.76. The number of hydrogen-bond donors (Lipinski definition) is 0. The van der Waals surface area contributed by atoms with Gasteiger partial charge in [0.25, 0.3) is 0 Å². The van der Waals surface area contributed by atoms with Crippen LogP contribution >= 0.6 is 7.26 Å². The minimum absolute atomic E-state index is 0.801. The van der Waals surface area contributed by atoms with Crippen LogP contribution in [0.2, 0.25) is 0 Å². The summed E-state index contributed by atoms with van der Waals surface area (Å²) in [5, 5.41) is 4.21. The summed E-state index contributed by atoms with van der Waals surface area (Å²) in [4.78, 5) is 0. The Labute approximate surface area is 199 Å². The molecule has 0 heterocycles. The second-order valence-electron chi connectivity index (χ2n) is 8.45. The van der Waals surface area contributed by atoms with Crippen molar-refractivity contribution in [1.29, 1.82) is 0 Å². The molecule has 166 valence electrons. The molecule has 2 heteroatoms. The van der Waals surface area contributed by atoms with Crippen molar-refractivity contribution in [1.82, 2.24) is 0 Å². The largest absolute Gasteiger partial charge is 0.496 e. The van der Waals surface area contributed by atoms with Crippen LogP contribution in [0.25, 0.3) is 0 Å². The highest BCUT2D eigenvalue weighted by Crippen LogP contribution is 2.59. The molecule has 0 bridgehead atoms. The van der Waals surface area contributed by atoms with Gasteiger partial charge in [0.2, 0.25) is 0 Å². The standard InChI is InChI=1S/C31H32OP/c1-5-15-29-25(3)30(24(2)22-31(29)32-4)23-33(26-16-9-6-10-17-26,27-18-11-7-12-19-27)28-20-13-8-14-21-28/h5-14,16-22H,1,15,23H2,2-4H3/q+1. The summed E-state index contributed by atoms with van der Waals surface area (Å²) in [7, 11) is -0.198. The molecule has 0 aliphatic heterocycles. The van der Waals surface area contributed by atoms with Gasteiger partial charge in [-0.3, -0.25) is 0 Å². The van der Waals surface area contributed by atoms with Crippen molar-refractivity contribution >= 4 is 23.2 Å². The Kier molecular flexibility index (Phi) is 7.11. The normalized spacial score (nSPS) is 11.2. The first-order valence-corrected chi connectivity index (χ1v) is 13.4. The number of rotatable bonds is 8. The maximum absolute atomic E-state index is 5.76. The molecule has 0 aliphatic rings. The summed E-state index contributed by atoms with van der Waals surface area (Å²) in [6.45, 7) is 8.46. The van der Waals surface area contributed by atoms with Crippen LogP contribution in [0.5, 0.6) is 5.75 Å². The molecular weight excluding hydrogens is 419 g/mol. The monoisotopic (exact) mass is 451 g/mol. The summed E-state index contributed by atoms with van der Waals surface area (Å²) in [5.74, 6) is 0.955. The van der Waals surface area contributed by atoms with Gasteiger partial charge >= 0.3 is 0 Å². The Hall–Kier alpha value is -3.15. The summed E-state index contributed by atoms with van der Waals surface area (Å²) in [5.41, 5.74) is 5.25. The second kappa shape index (κ2) is 10.2. The molecule has 0 spiro atoms. The molecule has 4 rings (SSSR count). The molecular formula is C31H32OP+. The van der Waals surface area contributed by atoms with E-state index in [1.165, 1.54) is 38.2 Å². The van der Waals surface area contributed by atoms with Crippen molar-refractivity contribution in [2.24, 2.45) is 0 Å². The first kappa shape index (κ1) is 23.0. The Morgan fingerprint density at radius 2 is 1.18 bits per heavy atom. The first-order valence-electron chi connectivity index (χ1n) is 11.4. The first-order chi connectivity index (χ1) is 16.1. The van der Waals surface area contributed by atoms with Crippen LogP contribution in [-0.4, -0.2) is 7.11 Å². The fourth-order valence-electron chi connectivity index (χ4n) is 4.86. The lowest BCUT2D eigenvalue weighted by Gasteiger charge is -2.29. The molecule has 1 nitrogen and oxygen atoms in total. The van der Waals surface area contributed by atoms with Gasteiger partial charge in [-0.15, -0.1) is 6.58 Å². The Morgan fingerprint density at radius 3 is 1.58 bits per heavy atom. The van der Waals surface area contributed by atoms with Gasteiger partial charge in [-0.25, -0.2) is 0 Å². The molecule has 0 unspecified atom stereocenters. The van der Waals surface area contributed by atoms with E-state index in [1.807, 2.05) is 6.08 Å². The lowest BCUT2D eigenvalue weighted by molar-refractivity contribution is 0.409. The molecule has 33 heavy (non-hydrogen) atoms. The average molecular weight is 452 g/mol. The van der Waals surface area contributed by atoms with Gasteiger partial charge in [-0.2, -0.15) is 0 Å². The molecule has 0 N–H and O–H groups in total. The highest BCUT2D eigenvalue weighted by Gasteiger charge is 2.46. The lowest BCUT2D eigenvalue weighted by Crippen LogP contribution is -2.32. The zero-order chi connectivity index (χ0) is 23.3. The van der Waals surface area contributed by atoms with E-state index in [4.69, 9.17) is 4.74 Å². The Morgan fingerprint density at radius 1 is 0.727 bits per heavy atom. The van der Waals surface area contributed by atoms with E-state index in [0.717, 1.165) is 18.3 Å². The third-order valence-corrected chi connectivity index (χ3v) is 10.9. The quantitative estimate of drug-likeness (QED) is 0.218. The highest BCUT2D eigenvalue weighted by molar-refractivity contribution is 7.95. The Balaban J connectivity index is 2.04. The van der Waals surface area contributed by atoms with Gasteiger partial charge in [0, 0.05) is 5.56 Å². The van der Waals surface area contributed by atoms with Crippen molar-refractivity contribution < 1.29 is 4.74 Å². The van der Waals surface area contributed by atoms with Crippen molar-refractivity contribution in [3.63, 3.8) is 0 Å². The SMILES string of the molecule is C=CCc1c(OC)cc(C)c(C[P+](c2ccccc2)(c2ccccc2)c2ccccc2)c1C. The summed E-state index contributed by atoms with van der Waals surface area (Å²) in [6.07, 6.45) is 3.74. The van der Waals surface area contributed by atoms with E-state index in [2.05, 4.69) is 117 Å². The van der Waals surface area contributed by atoms with Crippen LogP contribution in [-0.2, 0) is 12.6 Å². The smallest absolute Gasteiger partial charge is 0.122 e. The minimum Gasteiger partial charge on any atom is -0.496 e. The van der Waals surface area contributed by atoms with Crippen LogP contribution in [0.3, 0.4) is 0 Å². The van der Waals surface area contributed by atoms with E-state index < -0.39 is 7.26 Å². The predicted molar refractivity (Wildman–Crippen MR) is 145 cm³/mol. The zero-order valence-electron chi connectivity index (χ0n) is 19.8. The van der Waals surface area contributed by atoms with Crippen LogP contribution in [0.15, 0.2) is 110 Å². The van der Waals surface area contributed by atoms with Crippen LogP contribution in [0, 0.1) is 13.8 Å². The van der Waals surface area contributed by atoms with E-state index >= 15 is 0 Å². The third kappa shape index (κ3) is 4.39. The molecule has 0 amide bonds. The summed E-state index contributed by atoms with van der Waals surface area (Å²) in [6, 6.07) is 35.5. The van der Waals surface area contributed by atoms with Crippen LogP contribution in [0.1, 0.15) is 22.3 Å². The van der Waals surface area contributed by atoms with Crippen molar-refractivity contribution in [3.8, 4) is 5.75 Å². The predicted octanol–water partition coefficient (Wildman–Crippen LogP) is 6.53. The lowest BCUT2D eigenvalue weighted by atomic mass is 9.95. The topological polar surface area (TPSA) is 9.23 Å². The van der Waals surface area contributed by atoms with Crippen LogP contribution in [0.4, 0.5) is 0 Å². The molecule has 4 aromatic rings. The van der Waals surface area contributed by atoms with Crippen molar-refractivity contribution in [2.75, 3.05) is 7.11 Å². The van der Waals surface area contributed by atoms with Gasteiger partial charge in [0.05, 0.1) is 13.3 Å². The number of aryl methyl sites for hydroxylation is 1. The molecule has 4 aromatic carbocycles. The maximum Gasteiger partial charge on any atom is 0.122 e. The van der Waals surface area contributed by atoms with Gasteiger partial charge in [-0.05, 0) is 79.4 Å². The second-order valence-corrected chi connectivity index (χ2v) is 11.9. The summed E-state index contributed by atoms with van der Waals surface area (Å²) >= 11 is 0. The minimum atomic E-state index is -1.96. The Bertz CT molecular complexity index is 1120. The van der Waals surface area contributed by atoms with E-state index in [0.29, 0.717) is 0 Å². The number of methoxy groups -OCH3 is 1.